The highest BCUT2D eigenvalue weighted by Gasteiger charge is 2.16. The Morgan fingerprint density at radius 1 is 1.14 bits per heavy atom. The van der Waals surface area contributed by atoms with Gasteiger partial charge in [0, 0.05) is 11.1 Å². The fourth-order valence-electron chi connectivity index (χ4n) is 1.92. The van der Waals surface area contributed by atoms with Gasteiger partial charge in [0.05, 0.1) is 10.6 Å². The van der Waals surface area contributed by atoms with Gasteiger partial charge in [0.15, 0.2) is 0 Å². The summed E-state index contributed by atoms with van der Waals surface area (Å²) in [6.45, 7) is 2.07. The van der Waals surface area contributed by atoms with E-state index in [0.717, 1.165) is 18.4 Å². The van der Waals surface area contributed by atoms with Gasteiger partial charge in [-0.3, -0.25) is 4.72 Å². The van der Waals surface area contributed by atoms with Gasteiger partial charge in [-0.05, 0) is 36.2 Å². The molecule has 0 atom stereocenters. The van der Waals surface area contributed by atoms with Crippen LogP contribution < -0.4 is 4.72 Å². The molecule has 2 aromatic rings. The third kappa shape index (κ3) is 3.89. The van der Waals surface area contributed by atoms with Crippen molar-refractivity contribution in [3.05, 3.63) is 53.1 Å². The van der Waals surface area contributed by atoms with Crippen LogP contribution in [0.3, 0.4) is 0 Å². The molecule has 0 saturated carbocycles. The van der Waals surface area contributed by atoms with Gasteiger partial charge in [0.1, 0.15) is 5.75 Å². The Bertz CT molecular complexity index is 727. The molecule has 0 aliphatic rings. The van der Waals surface area contributed by atoms with Crippen molar-refractivity contribution in [2.24, 2.45) is 0 Å². The van der Waals surface area contributed by atoms with Gasteiger partial charge < -0.3 is 5.11 Å². The predicted octanol–water partition coefficient (Wildman–Crippen LogP) is 3.80. The van der Waals surface area contributed by atoms with E-state index in [1.165, 1.54) is 18.2 Å². The Kier molecular flexibility index (Phi) is 4.75. The second-order valence-corrected chi connectivity index (χ2v) is 6.78. The Morgan fingerprint density at radius 3 is 2.38 bits per heavy atom. The average Bonchev–Trinajstić information content (AvgIpc) is 2.43. The molecule has 0 aliphatic carbocycles. The summed E-state index contributed by atoms with van der Waals surface area (Å²) in [5, 5.41) is 10.0. The van der Waals surface area contributed by atoms with E-state index >= 15 is 0 Å². The number of anilines is 1. The zero-order valence-corrected chi connectivity index (χ0v) is 13.1. The van der Waals surface area contributed by atoms with Crippen molar-refractivity contribution >= 4 is 27.3 Å². The van der Waals surface area contributed by atoms with E-state index in [1.807, 2.05) is 0 Å². The number of aryl methyl sites for hydroxylation is 1. The number of sulfonamides is 1. The van der Waals surface area contributed by atoms with Gasteiger partial charge in [-0.2, -0.15) is 0 Å². The maximum Gasteiger partial charge on any atom is 0.262 e. The maximum absolute atomic E-state index is 12.3. The van der Waals surface area contributed by atoms with Crippen molar-refractivity contribution in [2.45, 2.75) is 24.7 Å². The van der Waals surface area contributed by atoms with Crippen LogP contribution in [-0.4, -0.2) is 13.5 Å². The van der Waals surface area contributed by atoms with Gasteiger partial charge in [-0.1, -0.05) is 37.1 Å². The topological polar surface area (TPSA) is 66.4 Å². The van der Waals surface area contributed by atoms with Crippen LogP contribution in [0.1, 0.15) is 18.9 Å². The molecule has 0 radical (unpaired) electrons. The molecule has 2 rings (SSSR count). The van der Waals surface area contributed by atoms with Gasteiger partial charge in [-0.15, -0.1) is 0 Å². The molecule has 0 aliphatic heterocycles. The SMILES string of the molecule is CCCc1ccc(S(=O)(=O)Nc2ccc(Cl)cc2O)cc1. The van der Waals surface area contributed by atoms with E-state index in [0.29, 0.717) is 5.02 Å². The van der Waals surface area contributed by atoms with Crippen molar-refractivity contribution < 1.29 is 13.5 Å². The summed E-state index contributed by atoms with van der Waals surface area (Å²) >= 11 is 5.72. The molecule has 112 valence electrons. The van der Waals surface area contributed by atoms with Crippen LogP contribution in [0.25, 0.3) is 0 Å². The monoisotopic (exact) mass is 325 g/mol. The third-order valence-electron chi connectivity index (χ3n) is 2.98. The molecular weight excluding hydrogens is 310 g/mol. The zero-order valence-electron chi connectivity index (χ0n) is 11.5. The van der Waals surface area contributed by atoms with Crippen LogP contribution in [-0.2, 0) is 16.4 Å². The molecule has 0 unspecified atom stereocenters. The summed E-state index contributed by atoms with van der Waals surface area (Å²) in [5.74, 6) is -0.214. The van der Waals surface area contributed by atoms with Crippen molar-refractivity contribution in [1.82, 2.24) is 0 Å². The Morgan fingerprint density at radius 2 is 1.81 bits per heavy atom. The second kappa shape index (κ2) is 6.37. The zero-order chi connectivity index (χ0) is 15.5. The van der Waals surface area contributed by atoms with E-state index in [1.54, 1.807) is 24.3 Å². The van der Waals surface area contributed by atoms with Crippen molar-refractivity contribution in [3.8, 4) is 5.75 Å². The third-order valence-corrected chi connectivity index (χ3v) is 4.59. The van der Waals surface area contributed by atoms with Gasteiger partial charge in [-0.25, -0.2) is 8.42 Å². The second-order valence-electron chi connectivity index (χ2n) is 4.66. The Hall–Kier alpha value is -1.72. The highest BCUT2D eigenvalue weighted by molar-refractivity contribution is 7.92. The summed E-state index contributed by atoms with van der Waals surface area (Å²) in [6.07, 6.45) is 1.91. The van der Waals surface area contributed by atoms with Crippen molar-refractivity contribution in [1.29, 1.82) is 0 Å². The van der Waals surface area contributed by atoms with E-state index < -0.39 is 10.0 Å². The normalized spacial score (nSPS) is 11.3. The van der Waals surface area contributed by atoms with Gasteiger partial charge >= 0.3 is 0 Å². The number of hydrogen-bond acceptors (Lipinski definition) is 3. The van der Waals surface area contributed by atoms with Crippen LogP contribution in [0.15, 0.2) is 47.4 Å². The molecule has 0 aromatic heterocycles. The lowest BCUT2D eigenvalue weighted by molar-refractivity contribution is 0.477. The number of hydrogen-bond donors (Lipinski definition) is 2. The largest absolute Gasteiger partial charge is 0.506 e. The van der Waals surface area contributed by atoms with E-state index in [2.05, 4.69) is 11.6 Å². The fraction of sp³-hybridized carbons (Fsp3) is 0.200. The van der Waals surface area contributed by atoms with Crippen LogP contribution in [0.4, 0.5) is 5.69 Å². The van der Waals surface area contributed by atoms with Crippen LogP contribution in [0, 0.1) is 0 Å². The lowest BCUT2D eigenvalue weighted by atomic mass is 10.1. The minimum absolute atomic E-state index is 0.0945. The highest BCUT2D eigenvalue weighted by atomic mass is 35.5. The summed E-state index contributed by atoms with van der Waals surface area (Å²) in [7, 11) is -3.73. The van der Waals surface area contributed by atoms with Crippen molar-refractivity contribution in [3.63, 3.8) is 0 Å². The molecule has 2 aromatic carbocycles. The smallest absolute Gasteiger partial charge is 0.262 e. The van der Waals surface area contributed by atoms with Gasteiger partial charge in [0.25, 0.3) is 10.0 Å². The minimum Gasteiger partial charge on any atom is -0.506 e. The fourth-order valence-corrected chi connectivity index (χ4v) is 3.16. The average molecular weight is 326 g/mol. The molecule has 0 spiro atoms. The molecule has 0 heterocycles. The van der Waals surface area contributed by atoms with Crippen LogP contribution in [0.2, 0.25) is 5.02 Å². The van der Waals surface area contributed by atoms with E-state index in [9.17, 15) is 13.5 Å². The lowest BCUT2D eigenvalue weighted by Crippen LogP contribution is -2.13. The molecule has 2 N–H and O–H groups in total. The molecule has 4 nitrogen and oxygen atoms in total. The summed E-state index contributed by atoms with van der Waals surface area (Å²) in [4.78, 5) is 0.150. The number of phenols is 1. The Balaban J connectivity index is 2.25. The molecule has 0 fully saturated rings. The first-order valence-corrected chi connectivity index (χ1v) is 8.39. The molecule has 21 heavy (non-hydrogen) atoms. The number of aromatic hydroxyl groups is 1. The molecule has 6 heteroatoms. The molecular formula is C15H16ClNO3S. The summed E-state index contributed by atoms with van der Waals surface area (Å²) in [5.41, 5.74) is 1.18. The first kappa shape index (κ1) is 15.7. The lowest BCUT2D eigenvalue weighted by Gasteiger charge is -2.10. The molecule has 0 bridgehead atoms. The van der Waals surface area contributed by atoms with Crippen LogP contribution >= 0.6 is 11.6 Å². The maximum atomic E-state index is 12.3. The summed E-state index contributed by atoms with van der Waals surface area (Å²) in [6, 6.07) is 10.9. The number of rotatable bonds is 5. The van der Waals surface area contributed by atoms with Crippen molar-refractivity contribution in [2.75, 3.05) is 4.72 Å². The highest BCUT2D eigenvalue weighted by Crippen LogP contribution is 2.28. The Labute approximate surface area is 129 Å². The molecule has 0 amide bonds. The predicted molar refractivity (Wildman–Crippen MR) is 84.4 cm³/mol. The standard InChI is InChI=1S/C15H16ClNO3S/c1-2-3-11-4-7-13(8-5-11)21(19,20)17-14-9-6-12(16)10-15(14)18/h4-10,17-18H,2-3H2,1H3. The quantitative estimate of drug-likeness (QED) is 0.822. The van der Waals surface area contributed by atoms with E-state index in [-0.39, 0.29) is 16.3 Å². The number of nitrogens with one attached hydrogen (secondary N) is 1. The number of halogens is 1. The minimum atomic E-state index is -3.73. The summed E-state index contributed by atoms with van der Waals surface area (Å²) < 4.78 is 26.9. The van der Waals surface area contributed by atoms with Crippen LogP contribution in [0.5, 0.6) is 5.75 Å². The first-order chi connectivity index (χ1) is 9.92. The van der Waals surface area contributed by atoms with E-state index in [4.69, 9.17) is 11.6 Å². The molecule has 0 saturated heterocycles. The first-order valence-electron chi connectivity index (χ1n) is 6.52. The number of phenolic OH excluding ortho intramolecular Hbond substituents is 1. The number of benzene rings is 2. The van der Waals surface area contributed by atoms with Gasteiger partial charge in [0.2, 0.25) is 0 Å².